The number of benzene rings is 2. The molecule has 1 amide bonds. The minimum Gasteiger partial charge on any atom is -0.368 e. The fourth-order valence-electron chi connectivity index (χ4n) is 3.69. The fourth-order valence-corrected chi connectivity index (χ4v) is 4.01. The molecule has 0 saturated heterocycles. The van der Waals surface area contributed by atoms with Crippen LogP contribution in [0.1, 0.15) is 52.3 Å². The summed E-state index contributed by atoms with van der Waals surface area (Å²) in [5.41, 5.74) is 5.21. The van der Waals surface area contributed by atoms with Gasteiger partial charge in [0.1, 0.15) is 0 Å². The van der Waals surface area contributed by atoms with Crippen molar-refractivity contribution >= 4 is 29.1 Å². The quantitative estimate of drug-likeness (QED) is 0.405. The average Bonchev–Trinajstić information content (AvgIpc) is 3.10. The van der Waals surface area contributed by atoms with Crippen LogP contribution in [0.4, 0.5) is 0 Å². The third-order valence-electron chi connectivity index (χ3n) is 5.29. The normalized spacial score (nSPS) is 11.2. The van der Waals surface area contributed by atoms with Crippen LogP contribution < -0.4 is 5.32 Å². The molecule has 8 heteroatoms. The Bertz CT molecular complexity index is 1080. The number of hydrogen-bond acceptors (Lipinski definition) is 4. The molecule has 6 nitrogen and oxygen atoms in total. The molecule has 0 saturated carbocycles. The maximum absolute atomic E-state index is 12.5. The molecule has 3 aromatic rings. The van der Waals surface area contributed by atoms with E-state index >= 15 is 0 Å². The Hall–Kier alpha value is -2.38. The monoisotopic (exact) mass is 475 g/mol. The third kappa shape index (κ3) is 5.90. The minimum atomic E-state index is -1.40. The number of aryl methyl sites for hydroxylation is 1. The van der Waals surface area contributed by atoms with Gasteiger partial charge in [-0.05, 0) is 48.2 Å². The highest BCUT2D eigenvalue weighted by molar-refractivity contribution is 6.42. The van der Waals surface area contributed by atoms with Crippen LogP contribution in [0.25, 0.3) is 0 Å². The summed E-state index contributed by atoms with van der Waals surface area (Å²) in [7, 11) is 0. The van der Waals surface area contributed by atoms with Crippen LogP contribution in [0.5, 0.6) is 0 Å². The van der Waals surface area contributed by atoms with E-state index in [0.717, 1.165) is 40.9 Å². The average molecular weight is 476 g/mol. The third-order valence-corrected chi connectivity index (χ3v) is 6.03. The molecule has 0 aliphatic rings. The Morgan fingerprint density at radius 2 is 1.72 bits per heavy atom. The van der Waals surface area contributed by atoms with Gasteiger partial charge in [0.15, 0.2) is 6.29 Å². The van der Waals surface area contributed by atoms with Crippen LogP contribution >= 0.6 is 23.2 Å². The van der Waals surface area contributed by atoms with Gasteiger partial charge in [-0.3, -0.25) is 9.48 Å². The number of amides is 1. The van der Waals surface area contributed by atoms with Gasteiger partial charge in [-0.2, -0.15) is 5.10 Å². The zero-order valence-electron chi connectivity index (χ0n) is 18.1. The molecule has 0 spiro atoms. The van der Waals surface area contributed by atoms with E-state index in [0.29, 0.717) is 28.7 Å². The lowest BCUT2D eigenvalue weighted by Gasteiger charge is -2.10. The first-order chi connectivity index (χ1) is 15.3. The molecule has 0 atom stereocenters. The van der Waals surface area contributed by atoms with E-state index in [-0.39, 0.29) is 12.3 Å². The Kier molecular flexibility index (Phi) is 8.32. The molecule has 32 heavy (non-hydrogen) atoms. The van der Waals surface area contributed by atoms with Gasteiger partial charge in [-0.1, -0.05) is 55.2 Å². The summed E-state index contributed by atoms with van der Waals surface area (Å²) in [4.78, 5) is 12.5. The summed E-state index contributed by atoms with van der Waals surface area (Å²) in [6.07, 6.45) is 0.235. The van der Waals surface area contributed by atoms with Crippen LogP contribution in [0.2, 0.25) is 10.0 Å². The van der Waals surface area contributed by atoms with Crippen molar-refractivity contribution in [3.05, 3.63) is 86.2 Å². The van der Waals surface area contributed by atoms with E-state index in [1.807, 2.05) is 36.7 Å². The molecule has 0 radical (unpaired) electrons. The summed E-state index contributed by atoms with van der Waals surface area (Å²) in [5.74, 6) is -0.177. The predicted octanol–water partition coefficient (Wildman–Crippen LogP) is 4.15. The number of aromatic nitrogens is 2. The molecule has 3 N–H and O–H groups in total. The highest BCUT2D eigenvalue weighted by Crippen LogP contribution is 2.23. The molecule has 170 valence electrons. The zero-order chi connectivity index (χ0) is 23.3. The van der Waals surface area contributed by atoms with Crippen molar-refractivity contribution in [3.63, 3.8) is 0 Å². The van der Waals surface area contributed by atoms with Gasteiger partial charge < -0.3 is 15.5 Å². The van der Waals surface area contributed by atoms with Gasteiger partial charge in [-0.15, -0.1) is 0 Å². The first kappa shape index (κ1) is 24.3. The number of carbonyl (C=O) groups is 1. The van der Waals surface area contributed by atoms with Crippen molar-refractivity contribution in [2.45, 2.75) is 52.5 Å². The second-order valence-electron chi connectivity index (χ2n) is 7.55. The van der Waals surface area contributed by atoms with Gasteiger partial charge >= 0.3 is 0 Å². The lowest BCUT2D eigenvalue weighted by atomic mass is 10.1. The summed E-state index contributed by atoms with van der Waals surface area (Å²) in [6, 6.07) is 12.6. The molecule has 2 aromatic carbocycles. The van der Waals surface area contributed by atoms with Crippen molar-refractivity contribution in [1.82, 2.24) is 15.1 Å². The molecule has 0 bridgehead atoms. The first-order valence-corrected chi connectivity index (χ1v) is 11.3. The molecule has 0 aliphatic heterocycles. The van der Waals surface area contributed by atoms with Crippen molar-refractivity contribution in [1.29, 1.82) is 0 Å². The SMILES string of the molecule is CCc1nn(Cc2ccc(C(=O)NCc3ccc(Cl)c(Cl)c3)cc2)c(CC)c1CC(O)O. The standard InChI is InChI=1S/C24H27Cl2N3O3/c1-3-21-18(12-23(30)31)22(4-2)29(28-21)14-15-5-8-17(9-6-15)24(32)27-13-16-7-10-19(25)20(26)11-16/h5-11,23,30-31H,3-4,12-14H2,1-2H3,(H,27,32). The lowest BCUT2D eigenvalue weighted by Crippen LogP contribution is -2.22. The zero-order valence-corrected chi connectivity index (χ0v) is 19.6. The Labute approximate surface area is 197 Å². The fraction of sp³-hybridized carbons (Fsp3) is 0.333. The highest BCUT2D eigenvalue weighted by Gasteiger charge is 2.18. The molecular formula is C24H27Cl2N3O3. The minimum absolute atomic E-state index is 0.171. The molecular weight excluding hydrogens is 449 g/mol. The second-order valence-corrected chi connectivity index (χ2v) is 8.36. The Morgan fingerprint density at radius 1 is 1.03 bits per heavy atom. The van der Waals surface area contributed by atoms with Gasteiger partial charge in [0.25, 0.3) is 5.91 Å². The number of rotatable bonds is 9. The Morgan fingerprint density at radius 3 is 2.31 bits per heavy atom. The predicted molar refractivity (Wildman–Crippen MR) is 126 cm³/mol. The van der Waals surface area contributed by atoms with E-state index in [2.05, 4.69) is 10.4 Å². The largest absolute Gasteiger partial charge is 0.368 e. The van der Waals surface area contributed by atoms with Gasteiger partial charge in [0, 0.05) is 29.8 Å². The maximum Gasteiger partial charge on any atom is 0.251 e. The number of nitrogens with zero attached hydrogens (tertiary/aromatic N) is 2. The van der Waals surface area contributed by atoms with Gasteiger partial charge in [0.2, 0.25) is 0 Å². The summed E-state index contributed by atoms with van der Waals surface area (Å²) in [6.45, 7) is 4.93. The molecule has 0 fully saturated rings. The molecule has 0 unspecified atom stereocenters. The summed E-state index contributed by atoms with van der Waals surface area (Å²) in [5, 5.41) is 27.4. The van der Waals surface area contributed by atoms with Crippen molar-refractivity contribution in [3.8, 4) is 0 Å². The van der Waals surface area contributed by atoms with Crippen LogP contribution in [0.15, 0.2) is 42.5 Å². The molecule has 1 heterocycles. The van der Waals surface area contributed by atoms with E-state index in [4.69, 9.17) is 23.2 Å². The van der Waals surface area contributed by atoms with E-state index in [1.54, 1.807) is 24.3 Å². The van der Waals surface area contributed by atoms with Crippen LogP contribution in [-0.2, 0) is 32.4 Å². The summed E-state index contributed by atoms with van der Waals surface area (Å²) >= 11 is 11.9. The topological polar surface area (TPSA) is 87.4 Å². The highest BCUT2D eigenvalue weighted by atomic mass is 35.5. The van der Waals surface area contributed by atoms with E-state index in [1.165, 1.54) is 0 Å². The second kappa shape index (κ2) is 11.0. The van der Waals surface area contributed by atoms with Crippen LogP contribution in [0, 0.1) is 0 Å². The number of halogens is 2. The summed E-state index contributed by atoms with van der Waals surface area (Å²) < 4.78 is 1.91. The Balaban J connectivity index is 1.68. The van der Waals surface area contributed by atoms with Gasteiger partial charge in [0.05, 0.1) is 22.3 Å². The van der Waals surface area contributed by atoms with Crippen molar-refractivity contribution in [2.75, 3.05) is 0 Å². The number of nitrogens with one attached hydrogen (secondary N) is 1. The maximum atomic E-state index is 12.5. The first-order valence-electron chi connectivity index (χ1n) is 10.6. The van der Waals surface area contributed by atoms with Crippen molar-refractivity contribution < 1.29 is 15.0 Å². The molecule has 3 rings (SSSR count). The lowest BCUT2D eigenvalue weighted by molar-refractivity contribution is -0.0384. The molecule has 0 aliphatic carbocycles. The van der Waals surface area contributed by atoms with Crippen LogP contribution in [0.3, 0.4) is 0 Å². The smallest absolute Gasteiger partial charge is 0.251 e. The number of aliphatic hydroxyl groups is 2. The molecule has 1 aromatic heterocycles. The van der Waals surface area contributed by atoms with E-state index in [9.17, 15) is 15.0 Å². The van der Waals surface area contributed by atoms with Gasteiger partial charge in [-0.25, -0.2) is 0 Å². The number of aliphatic hydroxyl groups excluding tert-OH is 1. The van der Waals surface area contributed by atoms with Crippen LogP contribution in [-0.4, -0.2) is 32.2 Å². The number of carbonyl (C=O) groups excluding carboxylic acids is 1. The van der Waals surface area contributed by atoms with E-state index < -0.39 is 6.29 Å². The van der Waals surface area contributed by atoms with Crippen molar-refractivity contribution in [2.24, 2.45) is 0 Å². The number of hydrogen-bond donors (Lipinski definition) is 3.